The number of rotatable bonds is 6. The number of methoxy groups -OCH3 is 1. The lowest BCUT2D eigenvalue weighted by atomic mass is 10.2. The molecule has 0 N–H and O–H groups in total. The summed E-state index contributed by atoms with van der Waals surface area (Å²) in [5, 5.41) is 8.51. The molecule has 0 atom stereocenters. The molecule has 0 aliphatic rings. The van der Waals surface area contributed by atoms with E-state index in [1.165, 1.54) is 26.3 Å². The molecule has 0 aliphatic heterocycles. The molecule has 0 bridgehead atoms. The van der Waals surface area contributed by atoms with Crippen LogP contribution >= 0.6 is 11.6 Å². The molecule has 0 saturated carbocycles. The van der Waals surface area contributed by atoms with Crippen molar-refractivity contribution < 1.29 is 22.7 Å². The van der Waals surface area contributed by atoms with Crippen LogP contribution in [0.3, 0.4) is 0 Å². The van der Waals surface area contributed by atoms with E-state index >= 15 is 0 Å². The Hall–Kier alpha value is -2.76. The number of ether oxygens (including phenoxy) is 2. The van der Waals surface area contributed by atoms with E-state index in [4.69, 9.17) is 21.6 Å². The van der Waals surface area contributed by atoms with E-state index in [1.807, 2.05) is 0 Å². The van der Waals surface area contributed by atoms with Crippen molar-refractivity contribution in [2.45, 2.75) is 4.90 Å². The predicted octanol–water partition coefficient (Wildman–Crippen LogP) is 2.85. The van der Waals surface area contributed by atoms with Crippen LogP contribution in [0.5, 0.6) is 5.75 Å². The van der Waals surface area contributed by atoms with Gasteiger partial charge >= 0.3 is 5.97 Å². The summed E-state index contributed by atoms with van der Waals surface area (Å²) in [4.78, 5) is 11.8. The highest BCUT2D eigenvalue weighted by Gasteiger charge is 2.24. The second-order valence-corrected chi connectivity index (χ2v) is 7.42. The van der Waals surface area contributed by atoms with Gasteiger partial charge in [0.05, 0.1) is 28.3 Å². The number of carbonyl (C=O) groups is 1. The van der Waals surface area contributed by atoms with Gasteiger partial charge in [-0.15, -0.1) is 0 Å². The number of nitriles is 1. The zero-order valence-electron chi connectivity index (χ0n) is 14.0. The molecule has 0 heterocycles. The summed E-state index contributed by atoms with van der Waals surface area (Å²) in [5.41, 5.74) is 0.278. The van der Waals surface area contributed by atoms with Crippen LogP contribution in [0.15, 0.2) is 47.4 Å². The number of nitrogens with zero attached hydrogens (tertiary/aromatic N) is 2. The molecule has 0 unspecified atom stereocenters. The van der Waals surface area contributed by atoms with Crippen molar-refractivity contribution in [1.29, 1.82) is 5.26 Å². The van der Waals surface area contributed by atoms with Crippen molar-refractivity contribution in [3.05, 3.63) is 53.1 Å². The normalized spacial score (nSPS) is 10.7. The van der Waals surface area contributed by atoms with Gasteiger partial charge in [0.15, 0.2) is 6.61 Å². The molecule has 2 aromatic rings. The topological polar surface area (TPSA) is 96.7 Å². The monoisotopic (exact) mass is 394 g/mol. The summed E-state index contributed by atoms with van der Waals surface area (Å²) in [6.07, 6.45) is 0. The van der Waals surface area contributed by atoms with Crippen LogP contribution in [0.2, 0.25) is 5.02 Å². The first-order chi connectivity index (χ1) is 12.3. The van der Waals surface area contributed by atoms with E-state index in [2.05, 4.69) is 4.74 Å². The molecule has 0 spiro atoms. The minimum absolute atomic E-state index is 0.0268. The molecule has 2 aromatic carbocycles. The molecule has 0 aliphatic carbocycles. The second kappa shape index (κ2) is 8.08. The highest BCUT2D eigenvalue weighted by Crippen LogP contribution is 2.27. The fourth-order valence-electron chi connectivity index (χ4n) is 2.09. The number of carbonyl (C=O) groups excluding carboxylic acids is 1. The largest absolute Gasteiger partial charge is 0.497 e. The first-order valence-electron chi connectivity index (χ1n) is 7.28. The average molecular weight is 395 g/mol. The fourth-order valence-corrected chi connectivity index (χ4v) is 3.50. The maximum atomic E-state index is 12.8. The van der Waals surface area contributed by atoms with Gasteiger partial charge < -0.3 is 9.47 Å². The van der Waals surface area contributed by atoms with E-state index < -0.39 is 22.6 Å². The molecule has 9 heteroatoms. The van der Waals surface area contributed by atoms with Crippen LogP contribution in [-0.4, -0.2) is 35.2 Å². The molecule has 0 fully saturated rings. The molecule has 136 valence electrons. The summed E-state index contributed by atoms with van der Waals surface area (Å²) in [6.45, 7) is -0.460. The Morgan fingerprint density at radius 3 is 2.46 bits per heavy atom. The number of sulfonamides is 1. The van der Waals surface area contributed by atoms with E-state index in [9.17, 15) is 13.2 Å². The molecule has 2 rings (SSSR count). The SMILES string of the molecule is COc1ccc(N(C)S(=O)(=O)c2ccc(Cl)c(C(=O)OCC#N)c2)cc1. The first-order valence-corrected chi connectivity index (χ1v) is 9.09. The molecule has 0 saturated heterocycles. The second-order valence-electron chi connectivity index (χ2n) is 5.05. The van der Waals surface area contributed by atoms with Crippen LogP contribution in [0, 0.1) is 11.3 Å². The molecule has 0 aromatic heterocycles. The van der Waals surface area contributed by atoms with Gasteiger partial charge in [-0.05, 0) is 42.5 Å². The number of halogens is 1. The van der Waals surface area contributed by atoms with Gasteiger partial charge in [0.25, 0.3) is 10.0 Å². The third-order valence-electron chi connectivity index (χ3n) is 3.52. The Labute approximate surface area is 156 Å². The molecular formula is C17H15ClN2O5S. The van der Waals surface area contributed by atoms with E-state index in [-0.39, 0.29) is 15.5 Å². The zero-order valence-corrected chi connectivity index (χ0v) is 15.5. The van der Waals surface area contributed by atoms with Gasteiger partial charge in [-0.2, -0.15) is 5.26 Å². The van der Waals surface area contributed by atoms with Crippen molar-refractivity contribution in [2.75, 3.05) is 25.1 Å². The lowest BCUT2D eigenvalue weighted by Crippen LogP contribution is -2.26. The Balaban J connectivity index is 2.38. The standard InChI is InChI=1S/C17H15ClN2O5S/c1-20(12-3-5-13(24-2)6-4-12)26(22,23)14-7-8-16(18)15(11-14)17(21)25-10-9-19/h3-8,11H,10H2,1-2H3. The summed E-state index contributed by atoms with van der Waals surface area (Å²) >= 11 is 5.94. The Kier molecular flexibility index (Phi) is 6.08. The minimum atomic E-state index is -3.94. The maximum Gasteiger partial charge on any atom is 0.340 e. The number of esters is 1. The Morgan fingerprint density at radius 1 is 1.23 bits per heavy atom. The molecule has 26 heavy (non-hydrogen) atoms. The molecule has 7 nitrogen and oxygen atoms in total. The van der Waals surface area contributed by atoms with E-state index in [0.717, 1.165) is 10.4 Å². The van der Waals surface area contributed by atoms with Crippen molar-refractivity contribution in [3.63, 3.8) is 0 Å². The van der Waals surface area contributed by atoms with Crippen LogP contribution < -0.4 is 9.04 Å². The molecule has 0 amide bonds. The van der Waals surface area contributed by atoms with Crippen molar-refractivity contribution in [2.24, 2.45) is 0 Å². The van der Waals surface area contributed by atoms with Gasteiger partial charge in [-0.1, -0.05) is 11.6 Å². The van der Waals surface area contributed by atoms with Crippen LogP contribution in [-0.2, 0) is 14.8 Å². The molecule has 0 radical (unpaired) electrons. The van der Waals surface area contributed by atoms with Gasteiger partial charge in [0.1, 0.15) is 11.8 Å². The van der Waals surface area contributed by atoms with Crippen molar-refractivity contribution >= 4 is 33.3 Å². The van der Waals surface area contributed by atoms with Gasteiger partial charge in [-0.3, -0.25) is 4.31 Å². The third-order valence-corrected chi connectivity index (χ3v) is 5.63. The highest BCUT2D eigenvalue weighted by atomic mass is 35.5. The van der Waals surface area contributed by atoms with E-state index in [0.29, 0.717) is 11.4 Å². The third kappa shape index (κ3) is 4.07. The summed E-state index contributed by atoms with van der Waals surface area (Å²) in [6, 6.07) is 11.8. The Bertz CT molecular complexity index is 952. The van der Waals surface area contributed by atoms with E-state index in [1.54, 1.807) is 30.3 Å². The summed E-state index contributed by atoms with van der Waals surface area (Å²) < 4.78 is 36.5. The van der Waals surface area contributed by atoms with Gasteiger partial charge in [0, 0.05) is 7.05 Å². The zero-order chi connectivity index (χ0) is 19.3. The number of benzene rings is 2. The molecular weight excluding hydrogens is 380 g/mol. The smallest absolute Gasteiger partial charge is 0.340 e. The van der Waals surface area contributed by atoms with Gasteiger partial charge in [0.2, 0.25) is 0 Å². The van der Waals surface area contributed by atoms with Crippen LogP contribution in [0.4, 0.5) is 5.69 Å². The lowest BCUT2D eigenvalue weighted by molar-refractivity contribution is 0.0555. The number of hydrogen-bond donors (Lipinski definition) is 0. The Morgan fingerprint density at radius 2 is 1.88 bits per heavy atom. The summed E-state index contributed by atoms with van der Waals surface area (Å²) in [5.74, 6) is -0.283. The van der Waals surface area contributed by atoms with Crippen molar-refractivity contribution in [3.8, 4) is 11.8 Å². The predicted molar refractivity (Wildman–Crippen MR) is 95.9 cm³/mol. The number of anilines is 1. The maximum absolute atomic E-state index is 12.8. The van der Waals surface area contributed by atoms with Gasteiger partial charge in [-0.25, -0.2) is 13.2 Å². The average Bonchev–Trinajstić information content (AvgIpc) is 2.65. The minimum Gasteiger partial charge on any atom is -0.497 e. The first kappa shape index (κ1) is 19.6. The lowest BCUT2D eigenvalue weighted by Gasteiger charge is -2.20. The van der Waals surface area contributed by atoms with Crippen molar-refractivity contribution in [1.82, 2.24) is 0 Å². The quantitative estimate of drug-likeness (QED) is 0.699. The van der Waals surface area contributed by atoms with Crippen LogP contribution in [0.25, 0.3) is 0 Å². The summed E-state index contributed by atoms with van der Waals surface area (Å²) in [7, 11) is -1.05. The fraction of sp³-hybridized carbons (Fsp3) is 0.176. The van der Waals surface area contributed by atoms with Crippen LogP contribution in [0.1, 0.15) is 10.4 Å². The highest BCUT2D eigenvalue weighted by molar-refractivity contribution is 7.92. The number of hydrogen-bond acceptors (Lipinski definition) is 6.